The number of hydrogen-bond acceptors (Lipinski definition) is 4. The van der Waals surface area contributed by atoms with E-state index in [1.807, 2.05) is 0 Å². The summed E-state index contributed by atoms with van der Waals surface area (Å²) in [6.45, 7) is 0. The molecule has 0 heterocycles. The number of rotatable bonds is 6. The Morgan fingerprint density at radius 1 is 0.833 bits per heavy atom. The van der Waals surface area contributed by atoms with Crippen molar-refractivity contribution in [3.8, 4) is 0 Å². The minimum atomic E-state index is -3.98. The number of benzene rings is 3. The number of sulfonamides is 1. The molecule has 30 heavy (non-hydrogen) atoms. The van der Waals surface area contributed by atoms with Crippen molar-refractivity contribution in [1.82, 2.24) is 5.73 Å². The van der Waals surface area contributed by atoms with E-state index in [2.05, 4.69) is 10.0 Å². The quantitative estimate of drug-likeness (QED) is 0.561. The molecule has 10 heteroatoms. The van der Waals surface area contributed by atoms with Crippen molar-refractivity contribution < 1.29 is 18.0 Å². The van der Waals surface area contributed by atoms with Gasteiger partial charge in [0.25, 0.3) is 21.8 Å². The molecular formula is C20H14Cl2N3O4S. The van der Waals surface area contributed by atoms with E-state index >= 15 is 0 Å². The zero-order valence-corrected chi connectivity index (χ0v) is 17.5. The van der Waals surface area contributed by atoms with Crippen LogP contribution in [0, 0.1) is 0 Å². The molecule has 0 unspecified atom stereocenters. The van der Waals surface area contributed by atoms with E-state index in [4.69, 9.17) is 28.9 Å². The third-order valence-electron chi connectivity index (χ3n) is 4.00. The smallest absolute Gasteiger partial charge is 0.269 e. The highest BCUT2D eigenvalue weighted by molar-refractivity contribution is 7.92. The van der Waals surface area contributed by atoms with Crippen LogP contribution in [0.1, 0.15) is 20.7 Å². The Balaban J connectivity index is 1.88. The first kappa shape index (κ1) is 21.6. The lowest BCUT2D eigenvalue weighted by molar-refractivity contribution is 0.0990. The lowest BCUT2D eigenvalue weighted by atomic mass is 10.1. The van der Waals surface area contributed by atoms with E-state index in [0.29, 0.717) is 10.7 Å². The molecule has 3 rings (SSSR count). The summed E-state index contributed by atoms with van der Waals surface area (Å²) >= 11 is 11.8. The Morgan fingerprint density at radius 2 is 1.43 bits per heavy atom. The van der Waals surface area contributed by atoms with E-state index in [0.717, 1.165) is 0 Å². The molecule has 153 valence electrons. The van der Waals surface area contributed by atoms with Crippen LogP contribution in [0.3, 0.4) is 0 Å². The monoisotopic (exact) mass is 462 g/mol. The first-order valence-electron chi connectivity index (χ1n) is 8.41. The zero-order chi connectivity index (χ0) is 21.9. The summed E-state index contributed by atoms with van der Waals surface area (Å²) in [6, 6.07) is 15.4. The molecule has 3 N–H and O–H groups in total. The second kappa shape index (κ2) is 8.74. The molecule has 3 aromatic carbocycles. The number of amides is 2. The van der Waals surface area contributed by atoms with Gasteiger partial charge in [-0.25, -0.2) is 8.42 Å². The van der Waals surface area contributed by atoms with Gasteiger partial charge in [0, 0.05) is 21.3 Å². The average Bonchev–Trinajstić information content (AvgIpc) is 2.70. The summed E-state index contributed by atoms with van der Waals surface area (Å²) in [5, 5.41) is 3.23. The van der Waals surface area contributed by atoms with Crippen LogP contribution in [0.5, 0.6) is 0 Å². The van der Waals surface area contributed by atoms with E-state index in [9.17, 15) is 18.0 Å². The zero-order valence-electron chi connectivity index (χ0n) is 15.1. The van der Waals surface area contributed by atoms with E-state index in [1.54, 1.807) is 0 Å². The molecule has 0 fully saturated rings. The van der Waals surface area contributed by atoms with Gasteiger partial charge >= 0.3 is 0 Å². The average molecular weight is 463 g/mol. The molecule has 3 aromatic rings. The van der Waals surface area contributed by atoms with Crippen molar-refractivity contribution >= 4 is 56.4 Å². The molecule has 0 spiro atoms. The van der Waals surface area contributed by atoms with Gasteiger partial charge in [-0.05, 0) is 66.7 Å². The molecule has 7 nitrogen and oxygen atoms in total. The first-order chi connectivity index (χ1) is 14.2. The van der Waals surface area contributed by atoms with Gasteiger partial charge in [0.05, 0.1) is 16.1 Å². The minimum absolute atomic E-state index is 0.000632. The van der Waals surface area contributed by atoms with Crippen LogP contribution in [-0.2, 0) is 10.0 Å². The number of carbonyl (C=O) groups is 2. The van der Waals surface area contributed by atoms with Crippen LogP contribution in [0.2, 0.25) is 10.0 Å². The molecule has 0 aliphatic heterocycles. The van der Waals surface area contributed by atoms with Crippen molar-refractivity contribution in [2.45, 2.75) is 4.90 Å². The Morgan fingerprint density at radius 3 is 2.03 bits per heavy atom. The van der Waals surface area contributed by atoms with Crippen molar-refractivity contribution in [2.24, 2.45) is 0 Å². The molecule has 1 radical (unpaired) electrons. The Labute approximate surface area is 182 Å². The third-order valence-corrected chi connectivity index (χ3v) is 5.87. The number of anilines is 2. The minimum Gasteiger partial charge on any atom is -0.322 e. The molecule has 0 saturated heterocycles. The topological polar surface area (TPSA) is 116 Å². The fourth-order valence-electron chi connectivity index (χ4n) is 2.51. The van der Waals surface area contributed by atoms with Crippen LogP contribution >= 0.6 is 23.2 Å². The van der Waals surface area contributed by atoms with Gasteiger partial charge in [0.2, 0.25) is 0 Å². The highest BCUT2D eigenvalue weighted by Gasteiger charge is 2.19. The van der Waals surface area contributed by atoms with Crippen molar-refractivity contribution in [3.63, 3.8) is 0 Å². The number of hydrogen-bond donors (Lipinski definition) is 2. The number of halogens is 2. The van der Waals surface area contributed by atoms with Crippen LogP contribution < -0.4 is 15.8 Å². The van der Waals surface area contributed by atoms with Gasteiger partial charge in [-0.2, -0.15) is 0 Å². The summed E-state index contributed by atoms with van der Waals surface area (Å²) in [4.78, 5) is 23.8. The lowest BCUT2D eigenvalue weighted by Crippen LogP contribution is -2.18. The molecular weight excluding hydrogens is 449 g/mol. The van der Waals surface area contributed by atoms with Crippen LogP contribution in [0.25, 0.3) is 0 Å². The normalized spacial score (nSPS) is 11.0. The highest BCUT2D eigenvalue weighted by atomic mass is 35.5. The maximum absolute atomic E-state index is 12.7. The second-order valence-electron chi connectivity index (χ2n) is 6.11. The summed E-state index contributed by atoms with van der Waals surface area (Å²) in [5.41, 5.74) is 7.63. The molecule has 0 aliphatic carbocycles. The van der Waals surface area contributed by atoms with Crippen LogP contribution in [-0.4, -0.2) is 20.2 Å². The standard InChI is InChI=1S/C20H14Cl2N3O4S/c21-13-3-8-16(9-4-13)30(28,29)25-18-10-5-14(22)11-17(18)20(27)24-15-6-1-12(2-7-15)19(23)26/h1-11,23,25H,(H,24,27). The summed E-state index contributed by atoms with van der Waals surface area (Å²) < 4.78 is 27.7. The van der Waals surface area contributed by atoms with E-state index < -0.39 is 21.8 Å². The molecule has 2 amide bonds. The van der Waals surface area contributed by atoms with Crippen molar-refractivity contribution in [3.05, 3.63) is 87.9 Å². The summed E-state index contributed by atoms with van der Waals surface area (Å²) in [5.74, 6) is -1.46. The third kappa shape index (κ3) is 5.10. The van der Waals surface area contributed by atoms with E-state index in [-0.39, 0.29) is 26.7 Å². The fourth-order valence-corrected chi connectivity index (χ4v) is 3.89. The Kier molecular flexibility index (Phi) is 6.31. The summed E-state index contributed by atoms with van der Waals surface area (Å²) in [7, 11) is -3.98. The van der Waals surface area contributed by atoms with Crippen LogP contribution in [0.15, 0.2) is 71.6 Å². The SMILES string of the molecule is [NH]C(=O)c1ccc(NC(=O)c2cc(Cl)ccc2NS(=O)(=O)c2ccc(Cl)cc2)cc1. The predicted octanol–water partition coefficient (Wildman–Crippen LogP) is 4.47. The lowest BCUT2D eigenvalue weighted by Gasteiger charge is -2.13. The van der Waals surface area contributed by atoms with Gasteiger partial charge < -0.3 is 5.32 Å². The van der Waals surface area contributed by atoms with Crippen LogP contribution in [0.4, 0.5) is 11.4 Å². The van der Waals surface area contributed by atoms with Gasteiger partial charge in [-0.3, -0.25) is 20.0 Å². The van der Waals surface area contributed by atoms with Crippen molar-refractivity contribution in [2.75, 3.05) is 10.0 Å². The maximum atomic E-state index is 12.7. The van der Waals surface area contributed by atoms with Gasteiger partial charge in [-0.1, -0.05) is 23.2 Å². The number of nitrogens with one attached hydrogen (secondary N) is 3. The first-order valence-corrected chi connectivity index (χ1v) is 10.6. The van der Waals surface area contributed by atoms with E-state index in [1.165, 1.54) is 66.7 Å². The largest absolute Gasteiger partial charge is 0.322 e. The van der Waals surface area contributed by atoms with Crippen molar-refractivity contribution in [1.29, 1.82) is 0 Å². The maximum Gasteiger partial charge on any atom is 0.269 e. The Bertz CT molecular complexity index is 1210. The molecule has 0 atom stereocenters. The molecule has 0 saturated carbocycles. The Hall–Kier alpha value is -3.07. The molecule has 0 aliphatic rings. The molecule has 0 bridgehead atoms. The fraction of sp³-hybridized carbons (Fsp3) is 0. The second-order valence-corrected chi connectivity index (χ2v) is 8.67. The summed E-state index contributed by atoms with van der Waals surface area (Å²) in [6.07, 6.45) is 0. The number of carbonyl (C=O) groups excluding carboxylic acids is 2. The van der Waals surface area contributed by atoms with Gasteiger partial charge in [0.15, 0.2) is 0 Å². The highest BCUT2D eigenvalue weighted by Crippen LogP contribution is 2.25. The predicted molar refractivity (Wildman–Crippen MR) is 116 cm³/mol. The van der Waals surface area contributed by atoms with Gasteiger partial charge in [-0.15, -0.1) is 0 Å². The van der Waals surface area contributed by atoms with Gasteiger partial charge in [0.1, 0.15) is 0 Å². The molecule has 0 aromatic heterocycles.